The van der Waals surface area contributed by atoms with E-state index in [1.54, 1.807) is 13.2 Å². The Labute approximate surface area is 132 Å². The summed E-state index contributed by atoms with van der Waals surface area (Å²) >= 11 is 7.60. The van der Waals surface area contributed by atoms with E-state index in [4.69, 9.17) is 21.0 Å². The van der Waals surface area contributed by atoms with Crippen molar-refractivity contribution in [3.8, 4) is 5.75 Å². The van der Waals surface area contributed by atoms with Crippen molar-refractivity contribution >= 4 is 41.8 Å². The monoisotopic (exact) mass is 321 g/mol. The third-order valence-electron chi connectivity index (χ3n) is 3.23. The van der Waals surface area contributed by atoms with Crippen LogP contribution in [0.25, 0.3) is 0 Å². The van der Waals surface area contributed by atoms with Crippen LogP contribution in [0.15, 0.2) is 41.3 Å². The number of rotatable bonds is 4. The van der Waals surface area contributed by atoms with E-state index < -0.39 is 7.12 Å². The van der Waals surface area contributed by atoms with E-state index in [2.05, 4.69) is 4.72 Å². The fourth-order valence-corrected chi connectivity index (χ4v) is 3.02. The van der Waals surface area contributed by atoms with Crippen molar-refractivity contribution in [1.29, 1.82) is 0 Å². The molecular formula is C14H13BClNO3S. The molecule has 21 heavy (non-hydrogen) atoms. The number of methoxy groups -OCH3 is 1. The van der Waals surface area contributed by atoms with Crippen molar-refractivity contribution in [2.24, 2.45) is 0 Å². The molecule has 4 nitrogen and oxygen atoms in total. The number of halogens is 1. The van der Waals surface area contributed by atoms with Crippen molar-refractivity contribution in [3.05, 3.63) is 47.0 Å². The third kappa shape index (κ3) is 3.13. The number of ether oxygens (including phenoxy) is 1. The normalized spacial score (nSPS) is 13.2. The van der Waals surface area contributed by atoms with Crippen LogP contribution in [0.1, 0.15) is 5.56 Å². The Kier molecular flexibility index (Phi) is 4.31. The van der Waals surface area contributed by atoms with Gasteiger partial charge in [-0.1, -0.05) is 17.7 Å². The quantitative estimate of drug-likeness (QED) is 0.670. The van der Waals surface area contributed by atoms with E-state index in [0.717, 1.165) is 27.4 Å². The number of benzene rings is 2. The molecule has 1 aliphatic rings. The summed E-state index contributed by atoms with van der Waals surface area (Å²) in [6, 6.07) is 11.3. The van der Waals surface area contributed by atoms with Crippen LogP contribution in [0.2, 0.25) is 5.02 Å². The Morgan fingerprint density at radius 3 is 2.95 bits per heavy atom. The summed E-state index contributed by atoms with van der Waals surface area (Å²) in [5.41, 5.74) is 2.71. The van der Waals surface area contributed by atoms with Gasteiger partial charge in [0.1, 0.15) is 5.75 Å². The molecule has 2 aromatic carbocycles. The molecule has 0 aliphatic carbocycles. The standard InChI is InChI=1S/C14H13BClNO3S/c1-19-11-4-5-14(13(16)7-11)21-17-10-3-2-9-8-20-15(18)12(9)6-10/h2-7,17-18H,8H2,1H3. The molecule has 0 radical (unpaired) electrons. The molecule has 0 fully saturated rings. The number of anilines is 1. The fourth-order valence-electron chi connectivity index (χ4n) is 2.08. The molecule has 2 N–H and O–H groups in total. The van der Waals surface area contributed by atoms with E-state index in [0.29, 0.717) is 11.6 Å². The third-order valence-corrected chi connectivity index (χ3v) is 4.56. The highest BCUT2D eigenvalue weighted by molar-refractivity contribution is 8.00. The highest BCUT2D eigenvalue weighted by Gasteiger charge is 2.27. The number of hydrogen-bond acceptors (Lipinski definition) is 5. The van der Waals surface area contributed by atoms with Gasteiger partial charge in [-0.3, -0.25) is 0 Å². The number of nitrogens with one attached hydrogen (secondary N) is 1. The lowest BCUT2D eigenvalue weighted by molar-refractivity contribution is 0.275. The Morgan fingerprint density at radius 1 is 1.33 bits per heavy atom. The summed E-state index contributed by atoms with van der Waals surface area (Å²) in [7, 11) is 0.769. The predicted octanol–water partition coefficient (Wildman–Crippen LogP) is 2.69. The van der Waals surface area contributed by atoms with Gasteiger partial charge in [-0.15, -0.1) is 0 Å². The first kappa shape index (κ1) is 14.6. The Morgan fingerprint density at radius 2 is 2.19 bits per heavy atom. The molecule has 0 spiro atoms. The Bertz CT molecular complexity index is 671. The minimum Gasteiger partial charge on any atom is -0.497 e. The fraction of sp³-hybridized carbons (Fsp3) is 0.143. The Hall–Kier alpha value is -1.34. The van der Waals surface area contributed by atoms with Gasteiger partial charge in [-0.25, -0.2) is 0 Å². The maximum absolute atomic E-state index is 9.70. The molecule has 0 atom stereocenters. The van der Waals surface area contributed by atoms with Crippen LogP contribution in [0, 0.1) is 0 Å². The van der Waals surface area contributed by atoms with E-state index in [-0.39, 0.29) is 0 Å². The zero-order valence-corrected chi connectivity index (χ0v) is 12.9. The average molecular weight is 322 g/mol. The smallest absolute Gasteiger partial charge is 0.491 e. The molecule has 1 aliphatic heterocycles. The molecule has 0 saturated carbocycles. The molecule has 1 heterocycles. The van der Waals surface area contributed by atoms with Crippen molar-refractivity contribution in [2.75, 3.05) is 11.8 Å². The first-order valence-corrected chi connectivity index (χ1v) is 7.55. The van der Waals surface area contributed by atoms with E-state index in [9.17, 15) is 5.02 Å². The first-order chi connectivity index (χ1) is 10.2. The molecule has 3 rings (SSSR count). The molecule has 7 heteroatoms. The molecule has 0 amide bonds. The zero-order valence-electron chi connectivity index (χ0n) is 11.3. The SMILES string of the molecule is COc1ccc(SNc2ccc3c(c2)B(O)OC3)c(Cl)c1. The van der Waals surface area contributed by atoms with Crippen LogP contribution < -0.4 is 14.9 Å². The van der Waals surface area contributed by atoms with Gasteiger partial charge in [-0.2, -0.15) is 0 Å². The zero-order chi connectivity index (χ0) is 14.8. The van der Waals surface area contributed by atoms with Crippen LogP contribution in [-0.2, 0) is 11.3 Å². The minimum absolute atomic E-state index is 0.453. The second-order valence-corrected chi connectivity index (χ2v) is 5.83. The Balaban J connectivity index is 1.72. The van der Waals surface area contributed by atoms with Crippen LogP contribution in [0.3, 0.4) is 0 Å². The lowest BCUT2D eigenvalue weighted by Crippen LogP contribution is -2.28. The minimum atomic E-state index is -0.837. The van der Waals surface area contributed by atoms with Gasteiger partial charge in [0.2, 0.25) is 0 Å². The predicted molar refractivity (Wildman–Crippen MR) is 86.3 cm³/mol. The van der Waals surface area contributed by atoms with Crippen molar-refractivity contribution < 1.29 is 14.4 Å². The van der Waals surface area contributed by atoms with Crippen LogP contribution >= 0.6 is 23.5 Å². The molecule has 0 aromatic heterocycles. The summed E-state index contributed by atoms with van der Waals surface area (Å²) in [6.07, 6.45) is 0. The summed E-state index contributed by atoms with van der Waals surface area (Å²) in [4.78, 5) is 0.898. The number of hydrogen-bond donors (Lipinski definition) is 2. The molecule has 108 valence electrons. The van der Waals surface area contributed by atoms with Gasteiger partial charge in [-0.05, 0) is 53.3 Å². The maximum Gasteiger partial charge on any atom is 0.491 e. The number of fused-ring (bicyclic) bond motifs is 1. The molecule has 0 unspecified atom stereocenters. The van der Waals surface area contributed by atoms with Crippen molar-refractivity contribution in [3.63, 3.8) is 0 Å². The topological polar surface area (TPSA) is 50.7 Å². The van der Waals surface area contributed by atoms with Crippen LogP contribution in [0.4, 0.5) is 5.69 Å². The van der Waals surface area contributed by atoms with Crippen molar-refractivity contribution in [1.82, 2.24) is 0 Å². The summed E-state index contributed by atoms with van der Waals surface area (Å²) < 4.78 is 13.5. The highest BCUT2D eigenvalue weighted by atomic mass is 35.5. The average Bonchev–Trinajstić information content (AvgIpc) is 2.87. The van der Waals surface area contributed by atoms with Crippen LogP contribution in [-0.4, -0.2) is 19.3 Å². The largest absolute Gasteiger partial charge is 0.497 e. The van der Waals surface area contributed by atoms with Gasteiger partial charge in [0.25, 0.3) is 0 Å². The maximum atomic E-state index is 9.70. The van der Waals surface area contributed by atoms with Crippen molar-refractivity contribution in [2.45, 2.75) is 11.5 Å². The second-order valence-electron chi connectivity index (χ2n) is 4.58. The summed E-state index contributed by atoms with van der Waals surface area (Å²) in [5.74, 6) is 0.724. The molecule has 0 saturated heterocycles. The second kappa shape index (κ2) is 6.19. The van der Waals surface area contributed by atoms with Gasteiger partial charge in [0.05, 0.1) is 18.7 Å². The summed E-state index contributed by atoms with van der Waals surface area (Å²) in [5, 5.41) is 10.3. The van der Waals surface area contributed by atoms with Crippen LogP contribution in [0.5, 0.6) is 5.75 Å². The van der Waals surface area contributed by atoms with E-state index in [1.165, 1.54) is 11.9 Å². The lowest BCUT2D eigenvalue weighted by Gasteiger charge is -2.09. The molecule has 2 aromatic rings. The van der Waals surface area contributed by atoms with Gasteiger partial charge in [0.15, 0.2) is 0 Å². The molecule has 0 bridgehead atoms. The van der Waals surface area contributed by atoms with E-state index in [1.807, 2.05) is 30.3 Å². The van der Waals surface area contributed by atoms with Gasteiger partial charge >= 0.3 is 7.12 Å². The highest BCUT2D eigenvalue weighted by Crippen LogP contribution is 2.31. The van der Waals surface area contributed by atoms with Gasteiger partial charge < -0.3 is 19.1 Å². The lowest BCUT2D eigenvalue weighted by atomic mass is 9.79. The molecular weight excluding hydrogens is 308 g/mol. The van der Waals surface area contributed by atoms with Gasteiger partial charge in [0, 0.05) is 10.6 Å². The van der Waals surface area contributed by atoms with E-state index >= 15 is 0 Å². The summed E-state index contributed by atoms with van der Waals surface area (Å²) in [6.45, 7) is 0.453. The first-order valence-electron chi connectivity index (χ1n) is 6.36.